The minimum Gasteiger partial charge on any atom is -0.294 e. The summed E-state index contributed by atoms with van der Waals surface area (Å²) in [6, 6.07) is 15.7. The van der Waals surface area contributed by atoms with Crippen LogP contribution in [-0.2, 0) is 0 Å². The SMILES string of the molecule is CC1C=CC=C(PCC(S)N(C)CC2CCN(C(S)CCCCC(c3ccc(F)cc3)c3ccc(P)cc3)C2)C=C1. The average Bonchev–Trinajstić information content (AvgIpc) is 3.33. The Morgan fingerprint density at radius 1 is 1.02 bits per heavy atom. The molecular weight excluding hydrogens is 581 g/mol. The van der Waals surface area contributed by atoms with Gasteiger partial charge >= 0.3 is 0 Å². The number of rotatable bonds is 14. The first-order valence-corrected chi connectivity index (χ1v) is 17.8. The molecule has 2 aromatic carbocycles. The predicted octanol–water partition coefficient (Wildman–Crippen LogP) is 8.11. The van der Waals surface area contributed by atoms with E-state index in [1.807, 2.05) is 12.1 Å². The molecule has 7 unspecified atom stereocenters. The first kappa shape index (κ1) is 33.0. The maximum absolute atomic E-state index is 13.6. The quantitative estimate of drug-likeness (QED) is 0.0945. The highest BCUT2D eigenvalue weighted by Crippen LogP contribution is 2.32. The number of thiol groups is 2. The normalized spacial score (nSPS) is 21.9. The highest BCUT2D eigenvalue weighted by atomic mass is 32.1. The maximum atomic E-state index is 13.6. The van der Waals surface area contributed by atoms with Crippen LogP contribution in [0.25, 0.3) is 0 Å². The van der Waals surface area contributed by atoms with Gasteiger partial charge in [0.05, 0.1) is 10.7 Å². The highest BCUT2D eigenvalue weighted by Gasteiger charge is 2.28. The molecule has 41 heavy (non-hydrogen) atoms. The summed E-state index contributed by atoms with van der Waals surface area (Å²) in [5.74, 6) is 1.30. The number of unbranched alkanes of at least 4 members (excludes halogenated alkanes) is 1. The van der Waals surface area contributed by atoms with Crippen LogP contribution >= 0.6 is 43.1 Å². The largest absolute Gasteiger partial charge is 0.294 e. The fourth-order valence-electron chi connectivity index (χ4n) is 5.81. The third-order valence-corrected chi connectivity index (χ3v) is 11.6. The van der Waals surface area contributed by atoms with E-state index in [0.717, 1.165) is 60.1 Å². The van der Waals surface area contributed by atoms with E-state index in [0.29, 0.717) is 17.2 Å². The van der Waals surface area contributed by atoms with Gasteiger partial charge < -0.3 is 0 Å². The Bertz CT molecular complexity index is 1120. The van der Waals surface area contributed by atoms with Crippen LogP contribution in [0.4, 0.5) is 4.39 Å². The van der Waals surface area contributed by atoms with E-state index in [1.165, 1.54) is 28.2 Å². The lowest BCUT2D eigenvalue weighted by Crippen LogP contribution is -2.35. The van der Waals surface area contributed by atoms with Crippen molar-refractivity contribution in [2.24, 2.45) is 11.8 Å². The number of allylic oxidation sites excluding steroid dienone is 6. The van der Waals surface area contributed by atoms with Gasteiger partial charge in [0.25, 0.3) is 0 Å². The van der Waals surface area contributed by atoms with Crippen molar-refractivity contribution in [3.05, 3.63) is 101 Å². The molecule has 1 fully saturated rings. The molecule has 7 heteroatoms. The lowest BCUT2D eigenvalue weighted by atomic mass is 9.87. The first-order valence-electron chi connectivity index (χ1n) is 15.0. The van der Waals surface area contributed by atoms with Crippen molar-refractivity contribution in [2.75, 3.05) is 32.8 Å². The van der Waals surface area contributed by atoms with Gasteiger partial charge in [-0.3, -0.25) is 9.80 Å². The fourth-order valence-corrected chi connectivity index (χ4v) is 7.92. The summed E-state index contributed by atoms with van der Waals surface area (Å²) in [6.45, 7) is 5.57. The van der Waals surface area contributed by atoms with Crippen molar-refractivity contribution in [1.82, 2.24) is 9.80 Å². The van der Waals surface area contributed by atoms with E-state index in [4.69, 9.17) is 25.3 Å². The van der Waals surface area contributed by atoms with Crippen LogP contribution in [0.3, 0.4) is 0 Å². The Hall–Kier alpha value is -0.930. The summed E-state index contributed by atoms with van der Waals surface area (Å²) in [6.07, 6.45) is 18.0. The second-order valence-electron chi connectivity index (χ2n) is 11.7. The van der Waals surface area contributed by atoms with E-state index in [1.54, 1.807) is 12.1 Å². The topological polar surface area (TPSA) is 6.48 Å². The predicted molar refractivity (Wildman–Crippen MR) is 189 cm³/mol. The molecule has 0 saturated carbocycles. The Morgan fingerprint density at radius 3 is 2.44 bits per heavy atom. The van der Waals surface area contributed by atoms with Crippen LogP contribution in [0.2, 0.25) is 0 Å². The minimum atomic E-state index is -0.177. The molecule has 1 aliphatic heterocycles. The summed E-state index contributed by atoms with van der Waals surface area (Å²) < 4.78 is 13.6. The van der Waals surface area contributed by atoms with Crippen LogP contribution in [0.15, 0.2) is 84.2 Å². The van der Waals surface area contributed by atoms with Gasteiger partial charge in [0.15, 0.2) is 0 Å². The first-order chi connectivity index (χ1) is 19.8. The molecule has 0 aromatic heterocycles. The summed E-state index contributed by atoms with van der Waals surface area (Å²) in [5, 5.41) is 3.20. The monoisotopic (exact) mass is 628 g/mol. The summed E-state index contributed by atoms with van der Waals surface area (Å²) in [5.41, 5.74) is 2.49. The molecule has 2 aromatic rings. The Kier molecular flexibility index (Phi) is 13.5. The van der Waals surface area contributed by atoms with Crippen molar-refractivity contribution in [3.8, 4) is 0 Å². The number of likely N-dealkylation sites (tertiary alicyclic amines) is 1. The van der Waals surface area contributed by atoms with E-state index in [9.17, 15) is 4.39 Å². The highest BCUT2D eigenvalue weighted by molar-refractivity contribution is 7.81. The lowest BCUT2D eigenvalue weighted by Gasteiger charge is -2.28. The van der Waals surface area contributed by atoms with E-state index >= 15 is 0 Å². The summed E-state index contributed by atoms with van der Waals surface area (Å²) >= 11 is 9.98. The number of hydrogen-bond donors (Lipinski definition) is 2. The van der Waals surface area contributed by atoms with Crippen LogP contribution in [-0.4, -0.2) is 53.4 Å². The number of halogens is 1. The molecule has 0 N–H and O–H groups in total. The van der Waals surface area contributed by atoms with Crippen LogP contribution in [0, 0.1) is 17.7 Å². The third kappa shape index (κ3) is 10.6. The molecule has 7 atom stereocenters. The van der Waals surface area contributed by atoms with Gasteiger partial charge in [-0.15, -0.1) is 9.24 Å². The zero-order chi connectivity index (χ0) is 29.2. The lowest BCUT2D eigenvalue weighted by molar-refractivity contribution is 0.250. The molecule has 1 aliphatic carbocycles. The molecule has 2 aliphatic rings. The molecule has 4 rings (SSSR count). The smallest absolute Gasteiger partial charge is 0.123 e. The summed E-state index contributed by atoms with van der Waals surface area (Å²) in [7, 11) is 5.77. The zero-order valence-corrected chi connectivity index (χ0v) is 28.4. The molecule has 2 nitrogen and oxygen atoms in total. The van der Waals surface area contributed by atoms with Gasteiger partial charge in [-0.05, 0) is 84.7 Å². The van der Waals surface area contributed by atoms with Gasteiger partial charge in [-0.1, -0.05) is 95.1 Å². The van der Waals surface area contributed by atoms with Gasteiger partial charge in [-0.25, -0.2) is 4.39 Å². The Balaban J connectivity index is 1.18. The molecular formula is C34H47FN2P2S2. The third-order valence-electron chi connectivity index (χ3n) is 8.37. The Labute approximate surface area is 263 Å². The van der Waals surface area contributed by atoms with E-state index < -0.39 is 0 Å². The van der Waals surface area contributed by atoms with Crippen molar-refractivity contribution in [2.45, 2.75) is 55.7 Å². The summed E-state index contributed by atoms with van der Waals surface area (Å²) in [4.78, 5) is 5.01. The van der Waals surface area contributed by atoms with Crippen molar-refractivity contribution < 1.29 is 4.39 Å². The van der Waals surface area contributed by atoms with Gasteiger partial charge in [0.1, 0.15) is 5.82 Å². The second-order valence-corrected chi connectivity index (χ2v) is 14.9. The average molecular weight is 629 g/mol. The van der Waals surface area contributed by atoms with Crippen molar-refractivity contribution in [3.63, 3.8) is 0 Å². The molecule has 0 radical (unpaired) electrons. The van der Waals surface area contributed by atoms with E-state index in [-0.39, 0.29) is 17.1 Å². The molecule has 0 spiro atoms. The van der Waals surface area contributed by atoms with Crippen LogP contribution in [0.1, 0.15) is 56.1 Å². The molecule has 1 heterocycles. The molecule has 1 saturated heterocycles. The van der Waals surface area contributed by atoms with Gasteiger partial charge in [-0.2, -0.15) is 25.3 Å². The standard InChI is InChI=1S/C34H47FN2P2S2/c1-25-6-5-7-31(19-10-25)39-24-34(41)36(2)22-26-20-21-37(23-26)33(40)9-4-3-8-32(27-11-15-29(35)16-12-27)28-13-17-30(38)18-14-28/h5-7,10-19,25-26,32-34,39-41H,3-4,8-9,20-24,38H2,1-2H3. The minimum absolute atomic E-state index is 0.177. The number of nitrogens with zero attached hydrogens (tertiary/aromatic N) is 2. The fraction of sp³-hybridized carbons (Fsp3) is 0.471. The van der Waals surface area contributed by atoms with Crippen LogP contribution in [0.5, 0.6) is 0 Å². The number of hydrogen-bond acceptors (Lipinski definition) is 4. The van der Waals surface area contributed by atoms with E-state index in [2.05, 4.69) is 87.7 Å². The van der Waals surface area contributed by atoms with Gasteiger partial charge in [0, 0.05) is 19.0 Å². The van der Waals surface area contributed by atoms with Crippen molar-refractivity contribution in [1.29, 1.82) is 0 Å². The van der Waals surface area contributed by atoms with Crippen molar-refractivity contribution >= 4 is 48.4 Å². The Morgan fingerprint density at radius 2 is 1.71 bits per heavy atom. The zero-order valence-electron chi connectivity index (χ0n) is 24.5. The van der Waals surface area contributed by atoms with Crippen LogP contribution < -0.4 is 5.30 Å². The molecule has 222 valence electrons. The number of benzene rings is 2. The van der Waals surface area contributed by atoms with Gasteiger partial charge in [0.2, 0.25) is 0 Å². The second kappa shape index (κ2) is 16.8. The maximum Gasteiger partial charge on any atom is 0.123 e. The molecule has 0 amide bonds. The molecule has 0 bridgehead atoms.